The van der Waals surface area contributed by atoms with Crippen molar-refractivity contribution < 1.29 is 14.1 Å². The first-order valence-corrected chi connectivity index (χ1v) is 12.2. The summed E-state index contributed by atoms with van der Waals surface area (Å²) in [5.41, 5.74) is 2.97. The summed E-state index contributed by atoms with van der Waals surface area (Å²) in [6, 6.07) is 18.9. The predicted molar refractivity (Wildman–Crippen MR) is 140 cm³/mol. The molecule has 11 heteroatoms. The molecule has 1 aliphatic rings. The largest absolute Gasteiger partial charge is 0.368 e. The molecule has 0 aliphatic carbocycles. The van der Waals surface area contributed by atoms with Crippen LogP contribution in [0, 0.1) is 15.9 Å². The SMILES string of the molecule is O=C(c1cc(-c2ccc(F)cc2)nn1-c1ccc(Cl)c(Cl)c1)N1CCN(c2ccc([N+](=O)[O-])cc2)CC1. The van der Waals surface area contributed by atoms with Crippen molar-refractivity contribution in [3.8, 4) is 16.9 Å². The molecule has 4 aromatic rings. The van der Waals surface area contributed by atoms with Gasteiger partial charge >= 0.3 is 0 Å². The molecular formula is C26H20Cl2FN5O3. The second kappa shape index (κ2) is 10.2. The summed E-state index contributed by atoms with van der Waals surface area (Å²) < 4.78 is 15.0. The number of benzene rings is 3. The molecule has 1 fully saturated rings. The highest BCUT2D eigenvalue weighted by Gasteiger charge is 2.27. The lowest BCUT2D eigenvalue weighted by Gasteiger charge is -2.36. The monoisotopic (exact) mass is 539 g/mol. The Morgan fingerprint density at radius 2 is 1.51 bits per heavy atom. The number of piperazine rings is 1. The average Bonchev–Trinajstić information content (AvgIpc) is 3.36. The van der Waals surface area contributed by atoms with Crippen LogP contribution in [0.1, 0.15) is 10.5 Å². The van der Waals surface area contributed by atoms with E-state index in [9.17, 15) is 19.3 Å². The van der Waals surface area contributed by atoms with E-state index < -0.39 is 4.92 Å². The first-order valence-electron chi connectivity index (χ1n) is 11.4. The number of carbonyl (C=O) groups is 1. The van der Waals surface area contributed by atoms with Crippen molar-refractivity contribution in [2.45, 2.75) is 0 Å². The zero-order valence-electron chi connectivity index (χ0n) is 19.4. The molecule has 3 aromatic carbocycles. The number of halogens is 3. The number of hydrogen-bond donors (Lipinski definition) is 0. The molecule has 37 heavy (non-hydrogen) atoms. The van der Waals surface area contributed by atoms with Gasteiger partial charge in [-0.15, -0.1) is 0 Å². The summed E-state index contributed by atoms with van der Waals surface area (Å²) in [5, 5.41) is 16.3. The molecule has 2 heterocycles. The maximum atomic E-state index is 13.7. The molecule has 0 atom stereocenters. The van der Waals surface area contributed by atoms with Crippen LogP contribution in [0.3, 0.4) is 0 Å². The minimum absolute atomic E-state index is 0.0325. The van der Waals surface area contributed by atoms with Gasteiger partial charge in [0.2, 0.25) is 0 Å². The van der Waals surface area contributed by atoms with Crippen molar-refractivity contribution in [2.75, 3.05) is 31.1 Å². The third kappa shape index (κ3) is 5.14. The van der Waals surface area contributed by atoms with Crippen LogP contribution in [0.4, 0.5) is 15.8 Å². The Hall–Kier alpha value is -3.95. The van der Waals surface area contributed by atoms with Gasteiger partial charge in [-0.05, 0) is 60.7 Å². The lowest BCUT2D eigenvalue weighted by atomic mass is 10.1. The van der Waals surface area contributed by atoms with E-state index in [1.807, 2.05) is 0 Å². The van der Waals surface area contributed by atoms with E-state index in [-0.39, 0.29) is 17.4 Å². The molecule has 0 radical (unpaired) electrons. The molecule has 1 aliphatic heterocycles. The molecule has 1 saturated heterocycles. The molecule has 5 rings (SSSR count). The Kier molecular flexibility index (Phi) is 6.82. The van der Waals surface area contributed by atoms with E-state index in [4.69, 9.17) is 23.2 Å². The van der Waals surface area contributed by atoms with Crippen LogP contribution in [0.15, 0.2) is 72.8 Å². The normalized spacial score (nSPS) is 13.6. The Balaban J connectivity index is 1.41. The summed E-state index contributed by atoms with van der Waals surface area (Å²) in [7, 11) is 0. The lowest BCUT2D eigenvalue weighted by molar-refractivity contribution is -0.384. The molecule has 0 unspecified atom stereocenters. The number of carbonyl (C=O) groups excluding carboxylic acids is 1. The standard InChI is InChI=1S/C26H20Cl2FN5O3/c27-22-10-9-21(15-23(22)28)33-25(16-24(30-33)17-1-3-18(29)4-2-17)26(35)32-13-11-31(12-14-32)19-5-7-20(8-6-19)34(36)37/h1-10,15-16H,11-14H2. The highest BCUT2D eigenvalue weighted by Crippen LogP contribution is 2.28. The third-order valence-corrected chi connectivity index (χ3v) is 6.95. The van der Waals surface area contributed by atoms with Gasteiger partial charge in [0.25, 0.3) is 11.6 Å². The van der Waals surface area contributed by atoms with Gasteiger partial charge in [-0.2, -0.15) is 5.10 Å². The van der Waals surface area contributed by atoms with Crippen LogP contribution in [0.5, 0.6) is 0 Å². The zero-order chi connectivity index (χ0) is 26.1. The van der Waals surface area contributed by atoms with Gasteiger partial charge in [-0.3, -0.25) is 14.9 Å². The summed E-state index contributed by atoms with van der Waals surface area (Å²) in [6.07, 6.45) is 0. The van der Waals surface area contributed by atoms with Crippen molar-refractivity contribution in [2.24, 2.45) is 0 Å². The Morgan fingerprint density at radius 3 is 2.14 bits per heavy atom. The summed E-state index contributed by atoms with van der Waals surface area (Å²) in [6.45, 7) is 2.03. The number of aromatic nitrogens is 2. The number of nitro groups is 1. The molecule has 0 spiro atoms. The fraction of sp³-hybridized carbons (Fsp3) is 0.154. The lowest BCUT2D eigenvalue weighted by Crippen LogP contribution is -2.49. The summed E-state index contributed by atoms with van der Waals surface area (Å²) in [4.78, 5) is 28.0. The fourth-order valence-electron chi connectivity index (χ4n) is 4.22. The first-order chi connectivity index (χ1) is 17.8. The molecule has 188 valence electrons. The fourth-order valence-corrected chi connectivity index (χ4v) is 4.52. The van der Waals surface area contributed by atoms with Crippen LogP contribution in [0.2, 0.25) is 10.0 Å². The number of amides is 1. The molecule has 0 bridgehead atoms. The Morgan fingerprint density at radius 1 is 0.865 bits per heavy atom. The average molecular weight is 540 g/mol. The second-order valence-corrected chi connectivity index (χ2v) is 9.30. The van der Waals surface area contributed by atoms with E-state index in [2.05, 4.69) is 10.00 Å². The van der Waals surface area contributed by atoms with Gasteiger partial charge in [0.15, 0.2) is 0 Å². The molecule has 8 nitrogen and oxygen atoms in total. The van der Waals surface area contributed by atoms with Crippen LogP contribution in [-0.4, -0.2) is 51.7 Å². The van der Waals surface area contributed by atoms with Crippen molar-refractivity contribution in [1.29, 1.82) is 0 Å². The van der Waals surface area contributed by atoms with E-state index >= 15 is 0 Å². The van der Waals surface area contributed by atoms with Crippen LogP contribution in [0.25, 0.3) is 16.9 Å². The van der Waals surface area contributed by atoms with Crippen LogP contribution < -0.4 is 4.90 Å². The maximum Gasteiger partial charge on any atom is 0.272 e. The van der Waals surface area contributed by atoms with Gasteiger partial charge in [-0.25, -0.2) is 9.07 Å². The van der Waals surface area contributed by atoms with Crippen molar-refractivity contribution >= 4 is 40.5 Å². The molecule has 1 aromatic heterocycles. The smallest absolute Gasteiger partial charge is 0.272 e. The number of anilines is 1. The maximum absolute atomic E-state index is 13.7. The van der Waals surface area contributed by atoms with E-state index in [1.54, 1.807) is 53.4 Å². The summed E-state index contributed by atoms with van der Waals surface area (Å²) >= 11 is 12.3. The minimum atomic E-state index is -0.433. The van der Waals surface area contributed by atoms with E-state index in [1.165, 1.54) is 28.9 Å². The highest BCUT2D eigenvalue weighted by atomic mass is 35.5. The number of nitrogens with zero attached hydrogens (tertiary/aromatic N) is 5. The van der Waals surface area contributed by atoms with Crippen LogP contribution in [-0.2, 0) is 0 Å². The molecule has 1 amide bonds. The topological polar surface area (TPSA) is 84.5 Å². The van der Waals surface area contributed by atoms with Gasteiger partial charge in [-0.1, -0.05) is 23.2 Å². The summed E-state index contributed by atoms with van der Waals surface area (Å²) in [5.74, 6) is -0.579. The third-order valence-electron chi connectivity index (χ3n) is 6.21. The van der Waals surface area contributed by atoms with Crippen molar-refractivity contribution in [3.05, 3.63) is 104 Å². The Labute approximate surface area is 221 Å². The van der Waals surface area contributed by atoms with Crippen molar-refractivity contribution in [3.63, 3.8) is 0 Å². The number of nitro benzene ring substituents is 1. The quantitative estimate of drug-likeness (QED) is 0.234. The van der Waals surface area contributed by atoms with E-state index in [0.29, 0.717) is 58.9 Å². The highest BCUT2D eigenvalue weighted by molar-refractivity contribution is 6.42. The molecular weight excluding hydrogens is 520 g/mol. The predicted octanol–water partition coefficient (Wildman–Crippen LogP) is 5.86. The second-order valence-electron chi connectivity index (χ2n) is 8.48. The van der Waals surface area contributed by atoms with Gasteiger partial charge in [0.1, 0.15) is 11.5 Å². The number of hydrogen-bond acceptors (Lipinski definition) is 5. The van der Waals surface area contributed by atoms with E-state index in [0.717, 1.165) is 5.69 Å². The molecule has 0 N–H and O–H groups in total. The van der Waals surface area contributed by atoms with Gasteiger partial charge in [0.05, 0.1) is 26.3 Å². The van der Waals surface area contributed by atoms with Crippen molar-refractivity contribution in [1.82, 2.24) is 14.7 Å². The number of rotatable bonds is 5. The van der Waals surface area contributed by atoms with Crippen LogP contribution >= 0.6 is 23.2 Å². The molecule has 0 saturated carbocycles. The number of non-ortho nitro benzene ring substituents is 1. The first kappa shape index (κ1) is 24.7. The Bertz CT molecular complexity index is 1470. The minimum Gasteiger partial charge on any atom is -0.368 e. The van der Waals surface area contributed by atoms with Gasteiger partial charge < -0.3 is 9.80 Å². The van der Waals surface area contributed by atoms with Gasteiger partial charge in [0, 0.05) is 49.6 Å². The zero-order valence-corrected chi connectivity index (χ0v) is 20.9.